The summed E-state index contributed by atoms with van der Waals surface area (Å²) >= 11 is 5.83. The van der Waals surface area contributed by atoms with Crippen LogP contribution in [0.25, 0.3) is 0 Å². The van der Waals surface area contributed by atoms with Crippen molar-refractivity contribution >= 4 is 17.5 Å². The summed E-state index contributed by atoms with van der Waals surface area (Å²) in [6.45, 7) is 3.14. The van der Waals surface area contributed by atoms with Gasteiger partial charge in [0.2, 0.25) is 0 Å². The molecule has 0 aliphatic heterocycles. The lowest BCUT2D eigenvalue weighted by Crippen LogP contribution is -2.74. The van der Waals surface area contributed by atoms with Crippen LogP contribution >= 0.6 is 11.6 Å². The maximum Gasteiger partial charge on any atom is 0.258 e. The van der Waals surface area contributed by atoms with Crippen LogP contribution in [0.4, 0.5) is 0 Å². The van der Waals surface area contributed by atoms with Gasteiger partial charge < -0.3 is 14.8 Å². The maximum absolute atomic E-state index is 12.1. The van der Waals surface area contributed by atoms with Crippen LogP contribution in [0.15, 0.2) is 24.3 Å². The highest BCUT2D eigenvalue weighted by molar-refractivity contribution is 6.30. The molecule has 0 saturated heterocycles. The summed E-state index contributed by atoms with van der Waals surface area (Å²) in [5.41, 5.74) is 0.709. The minimum atomic E-state index is -0.0340. The molecular formula is C20H26ClNO3. The molecule has 4 fully saturated rings. The number of carbonyl (C=O) groups excluding carboxylic acids is 1. The molecule has 0 radical (unpaired) electrons. The van der Waals surface area contributed by atoms with E-state index in [2.05, 4.69) is 12.2 Å². The molecule has 4 saturated carbocycles. The van der Waals surface area contributed by atoms with Crippen molar-refractivity contribution in [1.82, 2.24) is 5.32 Å². The normalized spacial score (nSPS) is 30.8. The second-order valence-electron chi connectivity index (χ2n) is 8.50. The number of halogens is 1. The van der Waals surface area contributed by atoms with E-state index in [0.29, 0.717) is 16.2 Å². The molecule has 136 valence electrons. The molecule has 2 bridgehead atoms. The van der Waals surface area contributed by atoms with E-state index in [1.54, 1.807) is 24.3 Å². The fourth-order valence-corrected chi connectivity index (χ4v) is 4.62. The molecular weight excluding hydrogens is 338 g/mol. The van der Waals surface area contributed by atoms with Gasteiger partial charge in [0, 0.05) is 17.2 Å². The van der Waals surface area contributed by atoms with E-state index in [1.165, 1.54) is 19.3 Å². The second kappa shape index (κ2) is 6.17. The first-order chi connectivity index (χ1) is 11.9. The fourth-order valence-electron chi connectivity index (χ4n) is 4.49. The molecule has 4 aliphatic carbocycles. The zero-order valence-electron chi connectivity index (χ0n) is 14.8. The van der Waals surface area contributed by atoms with Crippen molar-refractivity contribution in [2.75, 3.05) is 13.2 Å². The average Bonchev–Trinajstić information content (AvgIpc) is 3.24. The Morgan fingerprint density at radius 2 is 1.88 bits per heavy atom. The Morgan fingerprint density at radius 1 is 1.20 bits per heavy atom. The van der Waals surface area contributed by atoms with E-state index in [9.17, 15) is 4.79 Å². The van der Waals surface area contributed by atoms with E-state index in [0.717, 1.165) is 32.3 Å². The summed E-state index contributed by atoms with van der Waals surface area (Å²) in [6, 6.07) is 7.06. The molecule has 1 aromatic carbocycles. The average molecular weight is 364 g/mol. The summed E-state index contributed by atoms with van der Waals surface area (Å²) < 4.78 is 11.4. The molecule has 25 heavy (non-hydrogen) atoms. The summed E-state index contributed by atoms with van der Waals surface area (Å²) in [7, 11) is 0. The third kappa shape index (κ3) is 3.80. The van der Waals surface area contributed by atoms with E-state index >= 15 is 0 Å². The van der Waals surface area contributed by atoms with Crippen molar-refractivity contribution in [1.29, 1.82) is 0 Å². The van der Waals surface area contributed by atoms with Crippen LogP contribution in [0.2, 0.25) is 5.02 Å². The van der Waals surface area contributed by atoms with Crippen molar-refractivity contribution in [3.05, 3.63) is 29.3 Å². The molecule has 0 spiro atoms. The van der Waals surface area contributed by atoms with Gasteiger partial charge in [0.25, 0.3) is 5.91 Å². The van der Waals surface area contributed by atoms with E-state index < -0.39 is 0 Å². The summed E-state index contributed by atoms with van der Waals surface area (Å²) in [6.07, 6.45) is 8.13. The van der Waals surface area contributed by atoms with Gasteiger partial charge >= 0.3 is 0 Å². The Morgan fingerprint density at radius 3 is 2.52 bits per heavy atom. The van der Waals surface area contributed by atoms with Gasteiger partial charge in [0.05, 0.1) is 5.60 Å². The molecule has 1 aromatic rings. The molecule has 5 rings (SSSR count). The maximum atomic E-state index is 12.1. The Balaban J connectivity index is 1.12. The number of ether oxygens (including phenoxy) is 2. The Hall–Kier alpha value is -1.26. The molecule has 1 N–H and O–H groups in total. The van der Waals surface area contributed by atoms with Gasteiger partial charge in [-0.05, 0) is 81.5 Å². The molecule has 4 aliphatic rings. The highest BCUT2D eigenvalue weighted by Gasteiger charge is 2.67. The Labute approximate surface area is 154 Å². The third-order valence-electron chi connectivity index (χ3n) is 5.98. The van der Waals surface area contributed by atoms with Gasteiger partial charge in [-0.1, -0.05) is 11.6 Å². The van der Waals surface area contributed by atoms with Crippen LogP contribution in [0, 0.1) is 5.41 Å². The van der Waals surface area contributed by atoms with Crippen molar-refractivity contribution in [3.63, 3.8) is 0 Å². The Kier molecular flexibility index (Phi) is 4.24. The van der Waals surface area contributed by atoms with Crippen LogP contribution in [-0.4, -0.2) is 30.3 Å². The van der Waals surface area contributed by atoms with Crippen LogP contribution in [0.5, 0.6) is 5.75 Å². The first-order valence-corrected chi connectivity index (χ1v) is 9.61. The minimum absolute atomic E-state index is 0.0340. The molecule has 0 atom stereocenters. The van der Waals surface area contributed by atoms with Gasteiger partial charge in [-0.25, -0.2) is 0 Å². The summed E-state index contributed by atoms with van der Waals surface area (Å²) in [5.74, 6) is 0.631. The number of amides is 1. The topological polar surface area (TPSA) is 47.6 Å². The van der Waals surface area contributed by atoms with Gasteiger partial charge in [-0.3, -0.25) is 4.79 Å². The number of rotatable bonds is 9. The SMILES string of the molecule is CC1(OCCCC23CC(NC(=O)COc4ccc(Cl)cc4)(C2)C3)CC1. The quantitative estimate of drug-likeness (QED) is 0.672. The number of hydrogen-bond donors (Lipinski definition) is 1. The molecule has 4 nitrogen and oxygen atoms in total. The van der Waals surface area contributed by atoms with Crippen LogP contribution in [-0.2, 0) is 9.53 Å². The van der Waals surface area contributed by atoms with Gasteiger partial charge in [0.1, 0.15) is 5.75 Å². The van der Waals surface area contributed by atoms with Gasteiger partial charge in [-0.2, -0.15) is 0 Å². The minimum Gasteiger partial charge on any atom is -0.484 e. The molecule has 1 amide bonds. The zero-order chi connectivity index (χ0) is 17.5. The second-order valence-corrected chi connectivity index (χ2v) is 8.94. The smallest absolute Gasteiger partial charge is 0.258 e. The monoisotopic (exact) mass is 363 g/mol. The van der Waals surface area contributed by atoms with Gasteiger partial charge in [0.15, 0.2) is 6.61 Å². The summed E-state index contributed by atoms with van der Waals surface area (Å²) in [5, 5.41) is 3.83. The number of carbonyl (C=O) groups is 1. The van der Waals surface area contributed by atoms with E-state index in [1.807, 2.05) is 0 Å². The lowest BCUT2D eigenvalue weighted by Gasteiger charge is -2.71. The highest BCUT2D eigenvalue weighted by atomic mass is 35.5. The number of hydrogen-bond acceptors (Lipinski definition) is 3. The number of benzene rings is 1. The largest absolute Gasteiger partial charge is 0.484 e. The van der Waals surface area contributed by atoms with E-state index in [4.69, 9.17) is 21.1 Å². The number of nitrogens with one attached hydrogen (secondary N) is 1. The van der Waals surface area contributed by atoms with Crippen LogP contribution in [0.1, 0.15) is 51.9 Å². The lowest BCUT2D eigenvalue weighted by atomic mass is 9.38. The summed E-state index contributed by atoms with van der Waals surface area (Å²) in [4.78, 5) is 12.1. The third-order valence-corrected chi connectivity index (χ3v) is 6.24. The molecule has 0 aromatic heterocycles. The Bertz CT molecular complexity index is 634. The van der Waals surface area contributed by atoms with Crippen LogP contribution in [0.3, 0.4) is 0 Å². The van der Waals surface area contributed by atoms with Crippen molar-refractivity contribution in [3.8, 4) is 5.75 Å². The predicted molar refractivity (Wildman–Crippen MR) is 96.9 cm³/mol. The standard InChI is InChI=1S/C20H26ClNO3/c1-18(8-9-18)25-10-2-7-19-12-20(13-19,14-19)22-17(23)11-24-16-5-3-15(21)4-6-16/h3-6H,2,7-14H2,1H3,(H,22,23). The molecule has 5 heteroatoms. The van der Waals surface area contributed by atoms with Crippen molar-refractivity contribution in [2.45, 2.75) is 63.0 Å². The highest BCUT2D eigenvalue weighted by Crippen LogP contribution is 2.69. The predicted octanol–water partition coefficient (Wildman–Crippen LogP) is 4.11. The molecule has 0 unspecified atom stereocenters. The fraction of sp³-hybridized carbons (Fsp3) is 0.650. The lowest BCUT2D eigenvalue weighted by molar-refractivity contribution is -0.171. The van der Waals surface area contributed by atoms with Crippen molar-refractivity contribution < 1.29 is 14.3 Å². The zero-order valence-corrected chi connectivity index (χ0v) is 15.5. The van der Waals surface area contributed by atoms with Crippen molar-refractivity contribution in [2.24, 2.45) is 5.41 Å². The van der Waals surface area contributed by atoms with Gasteiger partial charge in [-0.15, -0.1) is 0 Å². The first kappa shape index (κ1) is 17.2. The van der Waals surface area contributed by atoms with Crippen LogP contribution < -0.4 is 10.1 Å². The van der Waals surface area contributed by atoms with E-state index in [-0.39, 0.29) is 23.7 Å². The molecule has 0 heterocycles. The first-order valence-electron chi connectivity index (χ1n) is 9.24.